The van der Waals surface area contributed by atoms with E-state index in [0.29, 0.717) is 17.9 Å². The molecule has 1 saturated carbocycles. The fraction of sp³-hybridized carbons (Fsp3) is 0.692. The van der Waals surface area contributed by atoms with Crippen LogP contribution in [0, 0.1) is 5.92 Å². The number of rotatable bonds is 4. The molecule has 3 atom stereocenters. The Labute approximate surface area is 92.1 Å². The minimum Gasteiger partial charge on any atom is -0.469 e. The molecule has 1 aromatic rings. The molecule has 1 heterocycles. The van der Waals surface area contributed by atoms with E-state index in [-0.39, 0.29) is 0 Å². The summed E-state index contributed by atoms with van der Waals surface area (Å²) in [5.74, 6) is 2.49. The largest absolute Gasteiger partial charge is 0.469 e. The first kappa shape index (κ1) is 10.7. The summed E-state index contributed by atoms with van der Waals surface area (Å²) in [7, 11) is 0. The average molecular weight is 207 g/mol. The van der Waals surface area contributed by atoms with Crippen LogP contribution in [0.15, 0.2) is 22.8 Å². The highest BCUT2D eigenvalue weighted by Gasteiger charge is 2.34. The third kappa shape index (κ3) is 2.25. The van der Waals surface area contributed by atoms with Gasteiger partial charge in [-0.2, -0.15) is 0 Å². The summed E-state index contributed by atoms with van der Waals surface area (Å²) >= 11 is 0. The summed E-state index contributed by atoms with van der Waals surface area (Å²) in [6, 6.07) is 4.79. The van der Waals surface area contributed by atoms with Gasteiger partial charge >= 0.3 is 0 Å². The minimum atomic E-state index is 0.620. The maximum Gasteiger partial charge on any atom is 0.107 e. The molecule has 0 aliphatic heterocycles. The van der Waals surface area contributed by atoms with Crippen molar-refractivity contribution in [3.8, 4) is 0 Å². The highest BCUT2D eigenvalue weighted by atomic mass is 16.3. The van der Waals surface area contributed by atoms with Gasteiger partial charge in [0.15, 0.2) is 0 Å². The van der Waals surface area contributed by atoms with E-state index in [9.17, 15) is 0 Å². The monoisotopic (exact) mass is 207 g/mol. The van der Waals surface area contributed by atoms with Gasteiger partial charge in [-0.3, -0.25) is 0 Å². The van der Waals surface area contributed by atoms with Gasteiger partial charge in [-0.1, -0.05) is 13.8 Å². The first-order valence-corrected chi connectivity index (χ1v) is 6.09. The molecule has 1 fully saturated rings. The van der Waals surface area contributed by atoms with Gasteiger partial charge in [0.25, 0.3) is 0 Å². The molecule has 1 aliphatic rings. The lowest BCUT2D eigenvalue weighted by Crippen LogP contribution is -2.32. The molecule has 15 heavy (non-hydrogen) atoms. The van der Waals surface area contributed by atoms with Gasteiger partial charge in [-0.05, 0) is 43.9 Å². The van der Waals surface area contributed by atoms with Gasteiger partial charge in [-0.25, -0.2) is 0 Å². The summed E-state index contributed by atoms with van der Waals surface area (Å²) in [6.07, 6.45) is 5.55. The maximum absolute atomic E-state index is 5.51. The summed E-state index contributed by atoms with van der Waals surface area (Å²) in [5, 5.41) is 3.63. The van der Waals surface area contributed by atoms with Crippen molar-refractivity contribution < 1.29 is 4.42 Å². The lowest BCUT2D eigenvalue weighted by atomic mass is 9.93. The van der Waals surface area contributed by atoms with Gasteiger partial charge in [0.1, 0.15) is 5.76 Å². The third-order valence-corrected chi connectivity index (χ3v) is 3.62. The second kappa shape index (κ2) is 4.84. The minimum absolute atomic E-state index is 0.620. The van der Waals surface area contributed by atoms with E-state index in [0.717, 1.165) is 6.54 Å². The van der Waals surface area contributed by atoms with E-state index >= 15 is 0 Å². The normalized spacial score (nSPS) is 30.9. The number of hydrogen-bond acceptors (Lipinski definition) is 2. The van der Waals surface area contributed by atoms with Gasteiger partial charge in [0.2, 0.25) is 0 Å². The van der Waals surface area contributed by atoms with E-state index < -0.39 is 0 Å². The summed E-state index contributed by atoms with van der Waals surface area (Å²) < 4.78 is 5.51. The molecule has 0 spiro atoms. The summed E-state index contributed by atoms with van der Waals surface area (Å²) in [4.78, 5) is 0. The highest BCUT2D eigenvalue weighted by molar-refractivity contribution is 5.10. The van der Waals surface area contributed by atoms with Crippen molar-refractivity contribution in [2.24, 2.45) is 5.92 Å². The predicted octanol–water partition coefficient (Wildman–Crippen LogP) is 3.16. The van der Waals surface area contributed by atoms with E-state index in [1.54, 1.807) is 6.26 Å². The van der Waals surface area contributed by atoms with Crippen molar-refractivity contribution in [3.05, 3.63) is 24.2 Å². The summed E-state index contributed by atoms with van der Waals surface area (Å²) in [6.45, 7) is 5.70. The Hall–Kier alpha value is -0.760. The third-order valence-electron chi connectivity index (χ3n) is 3.62. The van der Waals surface area contributed by atoms with Gasteiger partial charge in [0, 0.05) is 12.0 Å². The molecule has 1 aromatic heterocycles. The van der Waals surface area contributed by atoms with Crippen molar-refractivity contribution in [1.29, 1.82) is 0 Å². The van der Waals surface area contributed by atoms with Crippen LogP contribution in [0.1, 0.15) is 44.8 Å². The Morgan fingerprint density at radius 3 is 3.00 bits per heavy atom. The highest BCUT2D eigenvalue weighted by Crippen LogP contribution is 2.39. The molecule has 84 valence electrons. The molecule has 0 saturated heterocycles. The topological polar surface area (TPSA) is 25.2 Å². The first-order valence-electron chi connectivity index (χ1n) is 6.09. The van der Waals surface area contributed by atoms with Gasteiger partial charge in [0.05, 0.1) is 6.26 Å². The predicted molar refractivity (Wildman–Crippen MR) is 61.9 cm³/mol. The lowest BCUT2D eigenvalue weighted by Gasteiger charge is -2.20. The first-order chi connectivity index (χ1) is 7.33. The van der Waals surface area contributed by atoms with Crippen LogP contribution in [0.2, 0.25) is 0 Å². The average Bonchev–Trinajstić information content (AvgIpc) is 2.84. The molecule has 2 rings (SSSR count). The Kier molecular flexibility index (Phi) is 3.47. The Balaban J connectivity index is 1.95. The molecule has 0 radical (unpaired) electrons. The Morgan fingerprint density at radius 2 is 2.33 bits per heavy atom. The van der Waals surface area contributed by atoms with Crippen molar-refractivity contribution in [3.63, 3.8) is 0 Å². The number of hydrogen-bond donors (Lipinski definition) is 1. The SMILES string of the molecule is CCCNC1CCC(c2ccco2)C1C. The summed E-state index contributed by atoms with van der Waals surface area (Å²) in [5.41, 5.74) is 0. The standard InChI is InChI=1S/C13H21NO/c1-3-8-14-12-7-6-11(10(12)2)13-5-4-9-15-13/h4-5,9-12,14H,3,6-8H2,1-2H3. The van der Waals surface area contributed by atoms with Crippen molar-refractivity contribution in [2.75, 3.05) is 6.54 Å². The lowest BCUT2D eigenvalue weighted by molar-refractivity contribution is 0.366. The molecular formula is C13H21NO. The smallest absolute Gasteiger partial charge is 0.107 e. The van der Waals surface area contributed by atoms with Crippen molar-refractivity contribution in [1.82, 2.24) is 5.32 Å². The maximum atomic E-state index is 5.51. The van der Waals surface area contributed by atoms with Crippen LogP contribution in [0.25, 0.3) is 0 Å². The molecule has 1 aliphatic carbocycles. The molecule has 2 heteroatoms. The molecular weight excluding hydrogens is 186 g/mol. The second-order valence-corrected chi connectivity index (χ2v) is 4.62. The van der Waals surface area contributed by atoms with Gasteiger partial charge < -0.3 is 9.73 Å². The molecule has 3 unspecified atom stereocenters. The van der Waals surface area contributed by atoms with Crippen LogP contribution in [-0.4, -0.2) is 12.6 Å². The zero-order valence-electron chi connectivity index (χ0n) is 9.70. The molecule has 2 nitrogen and oxygen atoms in total. The number of furan rings is 1. The number of nitrogens with one attached hydrogen (secondary N) is 1. The zero-order valence-corrected chi connectivity index (χ0v) is 9.70. The fourth-order valence-electron chi connectivity index (χ4n) is 2.69. The van der Waals surface area contributed by atoms with Crippen molar-refractivity contribution in [2.45, 2.75) is 45.1 Å². The zero-order chi connectivity index (χ0) is 10.7. The van der Waals surface area contributed by atoms with E-state index in [1.165, 1.54) is 25.0 Å². The second-order valence-electron chi connectivity index (χ2n) is 4.62. The van der Waals surface area contributed by atoms with Crippen LogP contribution in [0.4, 0.5) is 0 Å². The van der Waals surface area contributed by atoms with Crippen LogP contribution < -0.4 is 5.32 Å². The van der Waals surface area contributed by atoms with Crippen molar-refractivity contribution >= 4 is 0 Å². The molecule has 0 bridgehead atoms. The van der Waals surface area contributed by atoms with Crippen LogP contribution in [0.3, 0.4) is 0 Å². The Bertz CT molecular complexity index is 281. The van der Waals surface area contributed by atoms with Crippen LogP contribution in [0.5, 0.6) is 0 Å². The fourth-order valence-corrected chi connectivity index (χ4v) is 2.69. The van der Waals surface area contributed by atoms with E-state index in [1.807, 2.05) is 6.07 Å². The quantitative estimate of drug-likeness (QED) is 0.820. The van der Waals surface area contributed by atoms with Gasteiger partial charge in [-0.15, -0.1) is 0 Å². The van der Waals surface area contributed by atoms with Crippen LogP contribution >= 0.6 is 0 Å². The Morgan fingerprint density at radius 1 is 1.47 bits per heavy atom. The molecule has 1 N–H and O–H groups in total. The van der Waals surface area contributed by atoms with Crippen LogP contribution in [-0.2, 0) is 0 Å². The van der Waals surface area contributed by atoms with E-state index in [4.69, 9.17) is 4.42 Å². The van der Waals surface area contributed by atoms with E-state index in [2.05, 4.69) is 25.2 Å². The molecule has 0 amide bonds. The molecule has 0 aromatic carbocycles.